The highest BCUT2D eigenvalue weighted by Crippen LogP contribution is 2.29. The first kappa shape index (κ1) is 17.9. The number of hydrogen-bond donors (Lipinski definition) is 1. The lowest BCUT2D eigenvalue weighted by molar-refractivity contribution is -0.118. The Hall–Kier alpha value is -0.900. The SMILES string of the molecule is NC(=O)CCc1nnc(SCc2ccc(Br)s2)n1CC1CCCO1. The van der Waals surface area contributed by atoms with Crippen molar-refractivity contribution in [3.05, 3.63) is 26.6 Å². The van der Waals surface area contributed by atoms with E-state index in [2.05, 4.69) is 42.8 Å². The van der Waals surface area contributed by atoms with E-state index in [0.717, 1.165) is 46.5 Å². The predicted molar refractivity (Wildman–Crippen MR) is 98.1 cm³/mol. The number of thiophene rings is 1. The molecule has 3 heterocycles. The smallest absolute Gasteiger partial charge is 0.217 e. The van der Waals surface area contributed by atoms with Crippen molar-refractivity contribution in [3.63, 3.8) is 0 Å². The fourth-order valence-electron chi connectivity index (χ4n) is 2.59. The van der Waals surface area contributed by atoms with Gasteiger partial charge in [-0.15, -0.1) is 21.5 Å². The summed E-state index contributed by atoms with van der Waals surface area (Å²) in [5.41, 5.74) is 5.27. The number of thioether (sulfide) groups is 1. The van der Waals surface area contributed by atoms with Crippen molar-refractivity contribution in [2.24, 2.45) is 5.73 Å². The number of nitrogens with two attached hydrogens (primary N) is 1. The summed E-state index contributed by atoms with van der Waals surface area (Å²) in [6.07, 6.45) is 3.14. The van der Waals surface area contributed by atoms with E-state index in [1.165, 1.54) is 4.88 Å². The molecule has 1 aliphatic heterocycles. The lowest BCUT2D eigenvalue weighted by Gasteiger charge is -2.14. The second-order valence-electron chi connectivity index (χ2n) is 5.61. The molecular formula is C15H19BrN4O2S2. The normalized spacial score (nSPS) is 17.5. The zero-order valence-electron chi connectivity index (χ0n) is 13.1. The molecule has 1 amide bonds. The highest BCUT2D eigenvalue weighted by atomic mass is 79.9. The molecule has 0 radical (unpaired) electrons. The van der Waals surface area contributed by atoms with Gasteiger partial charge >= 0.3 is 0 Å². The van der Waals surface area contributed by atoms with Crippen LogP contribution in [0.1, 0.15) is 30.0 Å². The highest BCUT2D eigenvalue weighted by Gasteiger charge is 2.21. The summed E-state index contributed by atoms with van der Waals surface area (Å²) < 4.78 is 8.96. The van der Waals surface area contributed by atoms with Gasteiger partial charge in [-0.05, 0) is 40.9 Å². The van der Waals surface area contributed by atoms with Crippen LogP contribution in [-0.2, 0) is 28.2 Å². The number of halogens is 1. The minimum Gasteiger partial charge on any atom is -0.376 e. The Morgan fingerprint density at radius 1 is 1.50 bits per heavy atom. The van der Waals surface area contributed by atoms with Crippen LogP contribution < -0.4 is 5.73 Å². The van der Waals surface area contributed by atoms with E-state index in [-0.39, 0.29) is 18.4 Å². The van der Waals surface area contributed by atoms with Gasteiger partial charge in [0.05, 0.1) is 16.4 Å². The second kappa shape index (κ2) is 8.46. The average molecular weight is 431 g/mol. The first-order chi connectivity index (χ1) is 11.6. The molecule has 130 valence electrons. The summed E-state index contributed by atoms with van der Waals surface area (Å²) in [5, 5.41) is 9.46. The van der Waals surface area contributed by atoms with Crippen LogP contribution in [0.4, 0.5) is 0 Å². The van der Waals surface area contributed by atoms with E-state index in [0.29, 0.717) is 6.42 Å². The maximum atomic E-state index is 11.1. The first-order valence-electron chi connectivity index (χ1n) is 7.81. The van der Waals surface area contributed by atoms with Crippen molar-refractivity contribution in [2.45, 2.75) is 49.2 Å². The maximum absolute atomic E-state index is 11.1. The molecule has 1 saturated heterocycles. The van der Waals surface area contributed by atoms with Crippen LogP contribution in [0.2, 0.25) is 0 Å². The first-order valence-corrected chi connectivity index (χ1v) is 10.4. The lowest BCUT2D eigenvalue weighted by Crippen LogP contribution is -2.19. The van der Waals surface area contributed by atoms with Gasteiger partial charge in [0.25, 0.3) is 0 Å². The number of ether oxygens (including phenoxy) is 1. The average Bonchev–Trinajstić information content (AvgIpc) is 3.26. The molecule has 0 spiro atoms. The third kappa shape index (κ3) is 4.81. The van der Waals surface area contributed by atoms with Gasteiger partial charge in [0.1, 0.15) is 5.82 Å². The fraction of sp³-hybridized carbons (Fsp3) is 0.533. The van der Waals surface area contributed by atoms with Crippen molar-refractivity contribution in [1.29, 1.82) is 0 Å². The van der Waals surface area contributed by atoms with Crippen LogP contribution in [-0.4, -0.2) is 33.4 Å². The van der Waals surface area contributed by atoms with E-state index in [1.807, 2.05) is 0 Å². The van der Waals surface area contributed by atoms with Gasteiger partial charge in [-0.25, -0.2) is 0 Å². The molecule has 0 saturated carbocycles. The van der Waals surface area contributed by atoms with E-state index < -0.39 is 0 Å². The molecular weight excluding hydrogens is 412 g/mol. The number of aromatic nitrogens is 3. The Bertz CT molecular complexity index is 697. The molecule has 1 unspecified atom stereocenters. The molecule has 1 aliphatic rings. The Morgan fingerprint density at radius 2 is 2.38 bits per heavy atom. The summed E-state index contributed by atoms with van der Waals surface area (Å²) >= 11 is 6.86. The van der Waals surface area contributed by atoms with Crippen LogP contribution in [0.5, 0.6) is 0 Å². The van der Waals surface area contributed by atoms with Gasteiger partial charge in [-0.3, -0.25) is 4.79 Å². The number of primary amides is 1. The van der Waals surface area contributed by atoms with Crippen molar-refractivity contribution in [3.8, 4) is 0 Å². The number of carbonyl (C=O) groups excluding carboxylic acids is 1. The van der Waals surface area contributed by atoms with Crippen molar-refractivity contribution in [1.82, 2.24) is 14.8 Å². The number of nitrogens with zero attached hydrogens (tertiary/aromatic N) is 3. The van der Waals surface area contributed by atoms with Gasteiger partial charge in [-0.1, -0.05) is 11.8 Å². The number of aryl methyl sites for hydroxylation is 1. The summed E-state index contributed by atoms with van der Waals surface area (Å²) in [7, 11) is 0. The van der Waals surface area contributed by atoms with Crippen LogP contribution >= 0.6 is 39.0 Å². The van der Waals surface area contributed by atoms with E-state index in [1.54, 1.807) is 23.1 Å². The van der Waals surface area contributed by atoms with Crippen LogP contribution in [0.3, 0.4) is 0 Å². The summed E-state index contributed by atoms with van der Waals surface area (Å²) in [5.74, 6) is 1.33. The second-order valence-corrected chi connectivity index (χ2v) is 9.10. The Labute approximate surface area is 157 Å². The molecule has 1 fully saturated rings. The predicted octanol–water partition coefficient (Wildman–Crippen LogP) is 2.99. The summed E-state index contributed by atoms with van der Waals surface area (Å²) in [4.78, 5) is 12.4. The quantitative estimate of drug-likeness (QED) is 0.650. The number of carbonyl (C=O) groups is 1. The van der Waals surface area contributed by atoms with Gasteiger partial charge < -0.3 is 15.0 Å². The Morgan fingerprint density at radius 3 is 3.04 bits per heavy atom. The third-order valence-corrected chi connectivity index (χ3v) is 6.59. The summed E-state index contributed by atoms with van der Waals surface area (Å²) in [6, 6.07) is 4.16. The molecule has 2 N–H and O–H groups in total. The van der Waals surface area contributed by atoms with Crippen molar-refractivity contribution < 1.29 is 9.53 Å². The minimum absolute atomic E-state index is 0.198. The Balaban J connectivity index is 1.71. The molecule has 24 heavy (non-hydrogen) atoms. The van der Waals surface area contributed by atoms with E-state index in [9.17, 15) is 4.79 Å². The van der Waals surface area contributed by atoms with Gasteiger partial charge in [-0.2, -0.15) is 0 Å². The lowest BCUT2D eigenvalue weighted by atomic mass is 10.2. The van der Waals surface area contributed by atoms with Crippen molar-refractivity contribution in [2.75, 3.05) is 6.61 Å². The van der Waals surface area contributed by atoms with Gasteiger partial charge in [0.2, 0.25) is 5.91 Å². The largest absolute Gasteiger partial charge is 0.376 e. The van der Waals surface area contributed by atoms with E-state index in [4.69, 9.17) is 10.5 Å². The number of rotatable bonds is 8. The zero-order valence-corrected chi connectivity index (χ0v) is 16.3. The number of amides is 1. The van der Waals surface area contributed by atoms with Crippen LogP contribution in [0, 0.1) is 0 Å². The zero-order chi connectivity index (χ0) is 16.9. The standard InChI is InChI=1S/C15H19BrN4O2S2/c16-12-4-3-11(24-12)9-23-15-19-18-14(6-5-13(17)21)20(15)8-10-2-1-7-22-10/h3-4,10H,1-2,5-9H2,(H2,17,21). The van der Waals surface area contributed by atoms with Crippen molar-refractivity contribution >= 4 is 44.9 Å². The topological polar surface area (TPSA) is 83.0 Å². The van der Waals surface area contributed by atoms with Gasteiger partial charge in [0, 0.05) is 30.1 Å². The molecule has 2 aromatic rings. The third-order valence-electron chi connectivity index (χ3n) is 3.77. The van der Waals surface area contributed by atoms with Crippen LogP contribution in [0.25, 0.3) is 0 Å². The molecule has 6 nitrogen and oxygen atoms in total. The molecule has 0 bridgehead atoms. The maximum Gasteiger partial charge on any atom is 0.217 e. The van der Waals surface area contributed by atoms with Gasteiger partial charge in [0.15, 0.2) is 5.16 Å². The molecule has 0 aliphatic carbocycles. The monoisotopic (exact) mass is 430 g/mol. The molecule has 0 aromatic carbocycles. The number of hydrogen-bond acceptors (Lipinski definition) is 6. The Kier molecular flexibility index (Phi) is 6.31. The fourth-order valence-corrected chi connectivity index (χ4v) is 5.08. The molecule has 3 rings (SSSR count). The minimum atomic E-state index is -0.320. The highest BCUT2D eigenvalue weighted by molar-refractivity contribution is 9.11. The van der Waals surface area contributed by atoms with Crippen LogP contribution in [0.15, 0.2) is 21.1 Å². The molecule has 9 heteroatoms. The summed E-state index contributed by atoms with van der Waals surface area (Å²) in [6.45, 7) is 1.55. The molecule has 2 aromatic heterocycles. The molecule has 1 atom stereocenters. The van der Waals surface area contributed by atoms with E-state index >= 15 is 0 Å².